The van der Waals surface area contributed by atoms with Crippen LogP contribution in [0.1, 0.15) is 18.4 Å². The van der Waals surface area contributed by atoms with Crippen molar-refractivity contribution in [3.63, 3.8) is 0 Å². The Morgan fingerprint density at radius 3 is 2.19 bits per heavy atom. The van der Waals surface area contributed by atoms with E-state index >= 15 is 0 Å². The van der Waals surface area contributed by atoms with Crippen LogP contribution in [0.15, 0.2) is 85.1 Å². The lowest BCUT2D eigenvalue weighted by atomic mass is 10.0. The van der Waals surface area contributed by atoms with Crippen molar-refractivity contribution in [1.82, 2.24) is 14.7 Å². The molecule has 4 nitrogen and oxygen atoms in total. The zero-order valence-corrected chi connectivity index (χ0v) is 17.7. The number of rotatable bonds is 5. The Balaban J connectivity index is 1.53. The number of benzene rings is 3. The normalized spacial score (nSPS) is 14.6. The third-order valence-corrected chi connectivity index (χ3v) is 6.00. The SMILES string of the molecule is O=C1CCN(Cc2cnn(-c3ccc(-c4ccccc4)cc3)c2-c2ccccc2F)CC1. The topological polar surface area (TPSA) is 38.1 Å². The van der Waals surface area contributed by atoms with E-state index in [1.54, 1.807) is 12.1 Å². The molecule has 0 atom stereocenters. The summed E-state index contributed by atoms with van der Waals surface area (Å²) in [5, 5.41) is 4.64. The van der Waals surface area contributed by atoms with Gasteiger partial charge in [0, 0.05) is 43.6 Å². The van der Waals surface area contributed by atoms with Crippen LogP contribution in [-0.4, -0.2) is 33.6 Å². The van der Waals surface area contributed by atoms with Crippen LogP contribution < -0.4 is 0 Å². The number of ketones is 1. The Morgan fingerprint density at radius 2 is 1.47 bits per heavy atom. The van der Waals surface area contributed by atoms with Gasteiger partial charge in [0.15, 0.2) is 0 Å². The molecule has 5 rings (SSSR count). The van der Waals surface area contributed by atoms with E-state index in [0.29, 0.717) is 30.7 Å². The van der Waals surface area contributed by atoms with E-state index in [2.05, 4.69) is 34.3 Å². The predicted octanol–water partition coefficient (Wildman–Crippen LogP) is 5.51. The minimum atomic E-state index is -0.273. The summed E-state index contributed by atoms with van der Waals surface area (Å²) in [5.74, 6) is 0.0370. The Hall–Kier alpha value is -3.57. The molecule has 0 spiro atoms. The quantitative estimate of drug-likeness (QED) is 0.423. The highest BCUT2D eigenvalue weighted by atomic mass is 19.1. The summed E-state index contributed by atoms with van der Waals surface area (Å²) in [6, 6.07) is 25.2. The van der Waals surface area contributed by atoms with E-state index in [1.807, 2.05) is 47.3 Å². The highest BCUT2D eigenvalue weighted by Gasteiger charge is 2.22. The number of carbonyl (C=O) groups excluding carboxylic acids is 1. The van der Waals surface area contributed by atoms with Gasteiger partial charge in [-0.3, -0.25) is 9.69 Å². The van der Waals surface area contributed by atoms with Gasteiger partial charge in [0.2, 0.25) is 0 Å². The van der Waals surface area contributed by atoms with Gasteiger partial charge in [-0.05, 0) is 35.4 Å². The zero-order valence-electron chi connectivity index (χ0n) is 17.7. The van der Waals surface area contributed by atoms with E-state index in [1.165, 1.54) is 6.07 Å². The van der Waals surface area contributed by atoms with Gasteiger partial charge in [-0.2, -0.15) is 5.10 Å². The van der Waals surface area contributed by atoms with Gasteiger partial charge >= 0.3 is 0 Å². The summed E-state index contributed by atoms with van der Waals surface area (Å²) >= 11 is 0. The molecule has 0 amide bonds. The summed E-state index contributed by atoms with van der Waals surface area (Å²) in [6.07, 6.45) is 2.97. The number of likely N-dealkylation sites (tertiary alicyclic amines) is 1. The number of aromatic nitrogens is 2. The molecule has 1 aromatic heterocycles. The lowest BCUT2D eigenvalue weighted by molar-refractivity contribution is -0.121. The van der Waals surface area contributed by atoms with Crippen molar-refractivity contribution in [2.24, 2.45) is 0 Å². The van der Waals surface area contributed by atoms with Crippen molar-refractivity contribution in [2.75, 3.05) is 13.1 Å². The number of Topliss-reactive ketones (excluding diaryl/α,β-unsaturated/α-hetero) is 1. The van der Waals surface area contributed by atoms with Gasteiger partial charge in [0.25, 0.3) is 0 Å². The van der Waals surface area contributed by atoms with E-state index in [4.69, 9.17) is 0 Å². The fraction of sp³-hybridized carbons (Fsp3) is 0.185. The minimum absolute atomic E-state index is 0.273. The van der Waals surface area contributed by atoms with E-state index < -0.39 is 0 Å². The molecular weight excluding hydrogens is 401 g/mol. The first-order valence-corrected chi connectivity index (χ1v) is 10.9. The van der Waals surface area contributed by atoms with Crippen LogP contribution in [0.5, 0.6) is 0 Å². The smallest absolute Gasteiger partial charge is 0.135 e. The highest BCUT2D eigenvalue weighted by Crippen LogP contribution is 2.31. The van der Waals surface area contributed by atoms with Crippen LogP contribution in [0, 0.1) is 5.82 Å². The average Bonchev–Trinajstić information content (AvgIpc) is 3.25. The highest BCUT2D eigenvalue weighted by molar-refractivity contribution is 5.79. The average molecular weight is 426 g/mol. The number of nitrogens with zero attached hydrogens (tertiary/aromatic N) is 3. The number of carbonyl (C=O) groups is 1. The first kappa shape index (κ1) is 20.3. The van der Waals surface area contributed by atoms with Crippen molar-refractivity contribution in [3.05, 3.63) is 96.4 Å². The Morgan fingerprint density at radius 1 is 0.812 bits per heavy atom. The molecule has 0 radical (unpaired) electrons. The van der Waals surface area contributed by atoms with Crippen molar-refractivity contribution >= 4 is 5.78 Å². The third-order valence-electron chi connectivity index (χ3n) is 6.00. The lowest BCUT2D eigenvalue weighted by Crippen LogP contribution is -2.33. The van der Waals surface area contributed by atoms with Crippen molar-refractivity contribution in [1.29, 1.82) is 0 Å². The predicted molar refractivity (Wildman–Crippen MR) is 124 cm³/mol. The zero-order chi connectivity index (χ0) is 21.9. The maximum Gasteiger partial charge on any atom is 0.135 e. The first-order valence-electron chi connectivity index (χ1n) is 10.9. The summed E-state index contributed by atoms with van der Waals surface area (Å²) in [5.41, 5.74) is 5.38. The lowest BCUT2D eigenvalue weighted by Gasteiger charge is -2.25. The summed E-state index contributed by atoms with van der Waals surface area (Å²) in [7, 11) is 0. The van der Waals surface area contributed by atoms with E-state index in [-0.39, 0.29) is 5.82 Å². The van der Waals surface area contributed by atoms with E-state index in [0.717, 1.165) is 41.2 Å². The summed E-state index contributed by atoms with van der Waals surface area (Å²) in [4.78, 5) is 13.9. The molecule has 0 N–H and O–H groups in total. The molecule has 160 valence electrons. The van der Waals surface area contributed by atoms with Crippen LogP contribution in [0.2, 0.25) is 0 Å². The molecule has 1 aliphatic heterocycles. The monoisotopic (exact) mass is 425 g/mol. The Kier molecular flexibility index (Phi) is 5.65. The Bertz CT molecular complexity index is 1220. The number of piperidine rings is 1. The fourth-order valence-corrected chi connectivity index (χ4v) is 4.26. The number of halogens is 1. The molecule has 2 heterocycles. The van der Waals surface area contributed by atoms with Gasteiger partial charge in [0.05, 0.1) is 17.6 Å². The number of hydrogen-bond acceptors (Lipinski definition) is 3. The van der Waals surface area contributed by atoms with Crippen molar-refractivity contribution in [3.8, 4) is 28.1 Å². The maximum absolute atomic E-state index is 14.8. The molecule has 4 aromatic rings. The van der Waals surface area contributed by atoms with Gasteiger partial charge < -0.3 is 0 Å². The fourth-order valence-electron chi connectivity index (χ4n) is 4.26. The van der Waals surface area contributed by atoms with Crippen LogP contribution in [0.4, 0.5) is 4.39 Å². The van der Waals surface area contributed by atoms with Crippen molar-refractivity contribution in [2.45, 2.75) is 19.4 Å². The van der Waals surface area contributed by atoms with Gasteiger partial charge in [-0.25, -0.2) is 9.07 Å². The summed E-state index contributed by atoms with van der Waals surface area (Å²) in [6.45, 7) is 2.10. The van der Waals surface area contributed by atoms with Gasteiger partial charge in [-0.15, -0.1) is 0 Å². The molecule has 0 bridgehead atoms. The molecule has 32 heavy (non-hydrogen) atoms. The first-order chi connectivity index (χ1) is 15.7. The van der Waals surface area contributed by atoms with Crippen LogP contribution >= 0.6 is 0 Å². The number of hydrogen-bond donors (Lipinski definition) is 0. The largest absolute Gasteiger partial charge is 0.300 e. The van der Waals surface area contributed by atoms with Crippen LogP contribution in [0.3, 0.4) is 0 Å². The second-order valence-corrected chi connectivity index (χ2v) is 8.14. The van der Waals surface area contributed by atoms with Crippen molar-refractivity contribution < 1.29 is 9.18 Å². The molecule has 5 heteroatoms. The molecule has 0 unspecified atom stereocenters. The molecule has 3 aromatic carbocycles. The van der Waals surface area contributed by atoms with Crippen LogP contribution in [-0.2, 0) is 11.3 Å². The van der Waals surface area contributed by atoms with Gasteiger partial charge in [0.1, 0.15) is 11.6 Å². The Labute approximate surface area is 186 Å². The minimum Gasteiger partial charge on any atom is -0.300 e. The molecule has 0 aliphatic carbocycles. The molecule has 1 fully saturated rings. The summed E-state index contributed by atoms with van der Waals surface area (Å²) < 4.78 is 16.7. The third kappa shape index (κ3) is 4.12. The molecule has 0 saturated carbocycles. The molecular formula is C27H24FN3O. The van der Waals surface area contributed by atoms with Gasteiger partial charge in [-0.1, -0.05) is 54.6 Å². The second kappa shape index (κ2) is 8.89. The second-order valence-electron chi connectivity index (χ2n) is 8.14. The van der Waals surface area contributed by atoms with Crippen LogP contribution in [0.25, 0.3) is 28.1 Å². The molecule has 1 saturated heterocycles. The standard InChI is InChI=1S/C27H24FN3O/c28-26-9-5-4-8-25(26)27-22(19-30-16-14-24(32)15-17-30)18-29-31(27)23-12-10-21(11-13-23)20-6-2-1-3-7-20/h1-13,18H,14-17,19H2. The molecule has 1 aliphatic rings. The maximum atomic E-state index is 14.8. The van der Waals surface area contributed by atoms with E-state index in [9.17, 15) is 9.18 Å².